The van der Waals surface area contributed by atoms with Crippen LogP contribution in [0.15, 0.2) is 60.7 Å². The molecular formula is C86H139N33O22S4. The number of nitrogens with one attached hydrogen (secondary N) is 27. The van der Waals surface area contributed by atoms with Crippen LogP contribution in [0.1, 0.15) is 130 Å². The number of hydrogen-bond acceptors (Lipinski definition) is 30. The van der Waals surface area contributed by atoms with Gasteiger partial charge in [-0.25, -0.2) is 4.79 Å². The molecule has 0 aliphatic carbocycles. The molecular weight excluding hydrogens is 1980 g/mol. The van der Waals surface area contributed by atoms with E-state index in [1.165, 1.54) is 20.8 Å². The van der Waals surface area contributed by atoms with E-state index in [1.54, 1.807) is 74.5 Å². The van der Waals surface area contributed by atoms with Gasteiger partial charge in [-0.05, 0) is 107 Å². The van der Waals surface area contributed by atoms with Gasteiger partial charge in [-0.3, -0.25) is 113 Å². The van der Waals surface area contributed by atoms with E-state index in [-0.39, 0.29) is 110 Å². The number of fused-ring (bicyclic) bond motifs is 5. The summed E-state index contributed by atoms with van der Waals surface area (Å²) in [6, 6.07) is -12.2. The van der Waals surface area contributed by atoms with Crippen molar-refractivity contribution in [3.63, 3.8) is 0 Å². The number of aliphatic hydroxyl groups is 1. The van der Waals surface area contributed by atoms with Crippen LogP contribution < -0.4 is 151 Å². The van der Waals surface area contributed by atoms with Gasteiger partial charge in [-0.15, -0.1) is 0 Å². The molecule has 2 saturated heterocycles. The molecule has 0 unspecified atom stereocenters. The number of benzene rings is 2. The average Bonchev–Trinajstić information content (AvgIpc) is 0.843. The molecule has 2 heterocycles. The highest BCUT2D eigenvalue weighted by atomic mass is 33.1. The molecule has 804 valence electrons. The fourth-order valence-corrected chi connectivity index (χ4v) is 18.7. The maximum Gasteiger partial charge on any atom is 0.326 e. The fraction of sp³-hybridized carbons (Fsp3) is 0.581. The molecule has 2 aromatic rings. The standard InChI is InChI=1S/C86H139N33O22S4/c1-42(2)32-53-72(131)116-59-40-144-143-39-58(115-66(125)44(5)104-71(130)54(33-46-18-9-7-10-19-46)112-70(129)51(25-16-30-101-85(94)95)109-73(132)56(35-63(123)124)114-78(59)137)77(136)113-55(34-47-20-11-8-12-21-47)74(133)119-65(45(6)120)80(139)118-64(43(3)4)79(138)117-60(76(135)107-48(22-13-27-98-82(88)89)67(126)103-37-62(122)105-52(81(140)141)26-17-31-102-86(96)97)41-145-142-38-57(106-61(121)36-87)75(134)110-49(23-14-28-99-83(90)91)68(127)108-50(69(128)111-53)24-15-29-100-84(92)93/h7-12,18-21,42-45,48-60,64-65,120H,13-17,22-41,87H2,1-6H3,(H,103,126)(H,104,130)(H,105,122)(H,106,121)(H,107,135)(H,108,127)(H,109,132)(H,110,134)(H,111,128)(H,112,129)(H,113,136)(H,114,137)(H,115,125)(H,116,131)(H,117,138)(H,118,139)(H,119,133)(H,123,124)(H,140,141)(H4,88,89,98)(H4,90,91,99)(H4,92,93,100)(H4,94,95,101)(H4,96,97,102)/t44-,45+,48-,49-,50-,51-,52-,53-,54-,55-,56-,57-,58-,59-,60-,64-,65-/m0/s1. The molecule has 55 nitrogen and oxygen atoms in total. The summed E-state index contributed by atoms with van der Waals surface area (Å²) < 4.78 is 0. The molecule has 0 saturated carbocycles. The number of rotatable bonds is 39. The molecule has 2 fully saturated rings. The van der Waals surface area contributed by atoms with Crippen molar-refractivity contribution in [3.8, 4) is 0 Å². The third kappa shape index (κ3) is 48.3. The average molecular weight is 2120 g/mol. The van der Waals surface area contributed by atoms with E-state index in [9.17, 15) is 68.1 Å². The lowest BCUT2D eigenvalue weighted by Gasteiger charge is -2.30. The Hall–Kier alpha value is -14.0. The van der Waals surface area contributed by atoms with Crippen LogP contribution in [0.4, 0.5) is 0 Å². The zero-order valence-electron chi connectivity index (χ0n) is 81.1. The highest BCUT2D eigenvalue weighted by molar-refractivity contribution is 8.77. The molecule has 2 aromatic carbocycles. The second-order valence-corrected chi connectivity index (χ2v) is 39.6. The first-order valence-corrected chi connectivity index (χ1v) is 51.4. The summed E-state index contributed by atoms with van der Waals surface area (Å²) in [5.74, 6) is -28.4. The smallest absolute Gasteiger partial charge is 0.326 e. The summed E-state index contributed by atoms with van der Waals surface area (Å²) in [7, 11) is 2.95. The SMILES string of the molecule is CC(C)C[C@@H]1NC(=O)[C@H](CCCNC(=N)N)NC(=O)[C@H](CCCNC(=N)N)NC(=O)[C@@H](NC(=O)CN)CSSC[C@@H](C(=O)N[C@@H](CCCNC(=N)N)C(=O)NCC(=O)N[C@@H](CCCNC(=N)N)C(=O)O)NC(=O)[C@H](C(C)C)NC(=O)[C@H]([C@@H](C)O)NC(=O)[C@H](Cc2ccccc2)NC(=O)[C@@H]2CSSC[C@H](NC1=O)C(=O)N[C@@H](CC(=O)O)C(=O)N[C@@H](CCCNC(=N)N)C(=O)N[C@@H](Cc1ccccc1)C(=O)N[C@@H](C)C(=O)N2. The molecule has 4 rings (SSSR count). The third-order valence-electron chi connectivity index (χ3n) is 21.6. The zero-order valence-corrected chi connectivity index (χ0v) is 84.4. The van der Waals surface area contributed by atoms with E-state index in [0.29, 0.717) is 21.9 Å². The molecule has 17 amide bonds. The summed E-state index contributed by atoms with van der Waals surface area (Å²) in [5, 5.41) is 126. The Morgan fingerprint density at radius 3 is 1.23 bits per heavy atom. The van der Waals surface area contributed by atoms with Crippen LogP contribution in [0, 0.1) is 38.9 Å². The minimum atomic E-state index is -2.11. The van der Waals surface area contributed by atoms with Gasteiger partial charge in [0.15, 0.2) is 29.8 Å². The first kappa shape index (κ1) is 123. The number of aliphatic hydroxyl groups excluding tert-OH is 1. The second kappa shape index (κ2) is 65.3. The van der Waals surface area contributed by atoms with Gasteiger partial charge in [0.1, 0.15) is 96.7 Å². The van der Waals surface area contributed by atoms with Crippen molar-refractivity contribution < 1.29 is 106 Å². The maximum absolute atomic E-state index is 15.4. The maximum atomic E-state index is 15.4. The molecule has 0 aromatic heterocycles. The molecule has 0 radical (unpaired) electrons. The van der Waals surface area contributed by atoms with E-state index < -0.39 is 306 Å². The fourth-order valence-electron chi connectivity index (χ4n) is 14.0. The summed E-state index contributed by atoms with van der Waals surface area (Å²) in [4.78, 5) is 277. The summed E-state index contributed by atoms with van der Waals surface area (Å²) >= 11 is 0. The van der Waals surface area contributed by atoms with Crippen LogP contribution in [0.3, 0.4) is 0 Å². The Kier molecular flexibility index (Phi) is 55.6. The zero-order chi connectivity index (χ0) is 108. The Morgan fingerprint density at radius 1 is 0.407 bits per heavy atom. The molecule has 2 bridgehead atoms. The van der Waals surface area contributed by atoms with Gasteiger partial charge in [0.05, 0.1) is 25.6 Å². The van der Waals surface area contributed by atoms with Crippen molar-refractivity contribution >= 4 is 185 Å². The lowest BCUT2D eigenvalue weighted by atomic mass is 10.0. The predicted molar refractivity (Wildman–Crippen MR) is 540 cm³/mol. The van der Waals surface area contributed by atoms with E-state index in [0.717, 1.165) is 39.3 Å². The highest BCUT2D eigenvalue weighted by Gasteiger charge is 2.42. The largest absolute Gasteiger partial charge is 0.481 e. The van der Waals surface area contributed by atoms with Crippen molar-refractivity contribution in [2.24, 2.45) is 46.2 Å². The number of amides is 17. The quantitative estimate of drug-likeness (QED) is 0.0128. The third-order valence-corrected chi connectivity index (χ3v) is 26.4. The molecule has 59 heteroatoms. The Balaban J connectivity index is 2.10. The van der Waals surface area contributed by atoms with E-state index in [4.69, 9.17) is 61.4 Å². The van der Waals surface area contributed by atoms with Crippen LogP contribution in [-0.4, -0.2) is 329 Å². The summed E-state index contributed by atoms with van der Waals surface area (Å²) in [6.07, 6.45) is -5.64. The van der Waals surface area contributed by atoms with Crippen LogP contribution >= 0.6 is 43.2 Å². The van der Waals surface area contributed by atoms with Gasteiger partial charge in [-0.1, -0.05) is 132 Å². The van der Waals surface area contributed by atoms with Gasteiger partial charge in [0.25, 0.3) is 0 Å². The first-order chi connectivity index (χ1) is 68.5. The number of carboxylic acids is 2. The Bertz CT molecular complexity index is 4790. The van der Waals surface area contributed by atoms with Crippen molar-refractivity contribution in [1.29, 1.82) is 27.0 Å². The molecule has 42 N–H and O–H groups in total. The van der Waals surface area contributed by atoms with E-state index in [2.05, 4.69) is 117 Å². The van der Waals surface area contributed by atoms with E-state index >= 15 is 38.4 Å². The lowest BCUT2D eigenvalue weighted by molar-refractivity contribution is -0.142. The van der Waals surface area contributed by atoms with Crippen LogP contribution in [0.2, 0.25) is 0 Å². The van der Waals surface area contributed by atoms with Crippen molar-refractivity contribution in [2.45, 2.75) is 234 Å². The van der Waals surface area contributed by atoms with Crippen molar-refractivity contribution in [2.75, 3.05) is 68.8 Å². The van der Waals surface area contributed by atoms with Crippen LogP contribution in [0.25, 0.3) is 0 Å². The number of carbonyl (C=O) groups is 19. The molecule has 145 heavy (non-hydrogen) atoms. The normalized spacial score (nSPS) is 22.9. The van der Waals surface area contributed by atoms with Gasteiger partial charge in [-0.2, -0.15) is 0 Å². The number of carboxylic acid groups (broad SMARTS) is 2. The van der Waals surface area contributed by atoms with E-state index in [1.807, 2.05) is 0 Å². The first-order valence-electron chi connectivity index (χ1n) is 46.5. The Labute approximate surface area is 852 Å². The number of carbonyl (C=O) groups excluding carboxylic acids is 17. The molecule has 2 aliphatic rings. The van der Waals surface area contributed by atoms with Crippen molar-refractivity contribution in [3.05, 3.63) is 71.8 Å². The minimum absolute atomic E-state index is 0.0439. The molecule has 2 aliphatic heterocycles. The van der Waals surface area contributed by atoms with Gasteiger partial charge < -0.3 is 167 Å². The topological polar surface area (TPSA) is 925 Å². The molecule has 17 atom stereocenters. The Morgan fingerprint density at radius 2 is 0.786 bits per heavy atom. The monoisotopic (exact) mass is 2110 g/mol. The highest BCUT2D eigenvalue weighted by Crippen LogP contribution is 2.26. The lowest BCUT2D eigenvalue weighted by Crippen LogP contribution is -2.63. The predicted octanol–water partition coefficient (Wildman–Crippen LogP) is -9.93. The van der Waals surface area contributed by atoms with Gasteiger partial charge >= 0.3 is 11.9 Å². The number of nitrogens with two attached hydrogens (primary N) is 6. The van der Waals surface area contributed by atoms with Gasteiger partial charge in [0, 0.05) is 68.6 Å². The minimum Gasteiger partial charge on any atom is -0.481 e. The van der Waals surface area contributed by atoms with Crippen LogP contribution in [0.5, 0.6) is 0 Å². The second-order valence-electron chi connectivity index (χ2n) is 34.5. The summed E-state index contributed by atoms with van der Waals surface area (Å²) in [5.41, 5.74) is 34.2. The molecule has 0 spiro atoms. The summed E-state index contributed by atoms with van der Waals surface area (Å²) in [6.45, 7) is 6.53. The number of hydrogen-bond donors (Lipinski definition) is 36. The van der Waals surface area contributed by atoms with Crippen molar-refractivity contribution in [1.82, 2.24) is 117 Å². The van der Waals surface area contributed by atoms with Crippen LogP contribution in [-0.2, 0) is 104 Å². The number of guanidine groups is 5. The number of aliphatic carboxylic acids is 2. The van der Waals surface area contributed by atoms with Gasteiger partial charge in [0.2, 0.25) is 100 Å².